The molecule has 1 aliphatic rings. The van der Waals surface area contributed by atoms with Gasteiger partial charge in [-0.25, -0.2) is 4.68 Å². The molecule has 0 spiro atoms. The Labute approximate surface area is 134 Å². The van der Waals surface area contributed by atoms with Crippen LogP contribution in [0.1, 0.15) is 40.2 Å². The van der Waals surface area contributed by atoms with Crippen molar-refractivity contribution in [2.45, 2.75) is 32.6 Å². The molecule has 1 heterocycles. The SMILES string of the molecule is Cc1ccc(-n2nc(C(=O)NCCC(=O)O)c3c2CCC3)cc1. The zero-order chi connectivity index (χ0) is 16.4. The Morgan fingerprint density at radius 3 is 2.70 bits per heavy atom. The number of aromatic nitrogens is 2. The van der Waals surface area contributed by atoms with Crippen molar-refractivity contribution in [3.05, 3.63) is 46.8 Å². The Balaban J connectivity index is 1.88. The molecule has 1 aromatic carbocycles. The molecular weight excluding hydrogens is 294 g/mol. The van der Waals surface area contributed by atoms with E-state index in [4.69, 9.17) is 5.11 Å². The Hall–Kier alpha value is -2.63. The molecule has 6 nitrogen and oxygen atoms in total. The number of carbonyl (C=O) groups excluding carboxylic acids is 1. The van der Waals surface area contributed by atoms with Gasteiger partial charge in [0.15, 0.2) is 5.69 Å². The third-order valence-electron chi connectivity index (χ3n) is 4.05. The average Bonchev–Trinajstić information content (AvgIpc) is 3.09. The van der Waals surface area contributed by atoms with Gasteiger partial charge in [-0.1, -0.05) is 17.7 Å². The first-order chi connectivity index (χ1) is 11.1. The molecule has 0 saturated heterocycles. The van der Waals surface area contributed by atoms with Crippen molar-refractivity contribution < 1.29 is 14.7 Å². The summed E-state index contributed by atoms with van der Waals surface area (Å²) in [4.78, 5) is 22.9. The summed E-state index contributed by atoms with van der Waals surface area (Å²) < 4.78 is 1.84. The quantitative estimate of drug-likeness (QED) is 0.882. The lowest BCUT2D eigenvalue weighted by Gasteiger charge is -2.05. The molecule has 0 bridgehead atoms. The summed E-state index contributed by atoms with van der Waals surface area (Å²) in [6, 6.07) is 8.02. The number of fused-ring (bicyclic) bond motifs is 1. The van der Waals surface area contributed by atoms with E-state index in [1.807, 2.05) is 35.9 Å². The lowest BCUT2D eigenvalue weighted by molar-refractivity contribution is -0.136. The number of carbonyl (C=O) groups is 2. The van der Waals surface area contributed by atoms with E-state index in [1.54, 1.807) is 0 Å². The van der Waals surface area contributed by atoms with E-state index in [0.29, 0.717) is 5.69 Å². The van der Waals surface area contributed by atoms with Crippen molar-refractivity contribution in [3.8, 4) is 5.69 Å². The number of hydrogen-bond acceptors (Lipinski definition) is 3. The van der Waals surface area contributed by atoms with Crippen LogP contribution in [0.4, 0.5) is 0 Å². The Morgan fingerprint density at radius 2 is 2.00 bits per heavy atom. The van der Waals surface area contributed by atoms with Crippen LogP contribution in [-0.4, -0.2) is 33.3 Å². The van der Waals surface area contributed by atoms with Gasteiger partial charge in [-0.2, -0.15) is 5.10 Å². The summed E-state index contributed by atoms with van der Waals surface area (Å²) in [5, 5.41) is 15.8. The lowest BCUT2D eigenvalue weighted by Crippen LogP contribution is -2.27. The molecule has 2 aromatic rings. The highest BCUT2D eigenvalue weighted by Gasteiger charge is 2.26. The van der Waals surface area contributed by atoms with Gasteiger partial charge in [-0.05, 0) is 38.3 Å². The summed E-state index contributed by atoms with van der Waals surface area (Å²) >= 11 is 0. The highest BCUT2D eigenvalue weighted by molar-refractivity contribution is 5.94. The van der Waals surface area contributed by atoms with Crippen molar-refractivity contribution in [2.75, 3.05) is 6.54 Å². The Kier molecular flexibility index (Phi) is 4.14. The smallest absolute Gasteiger partial charge is 0.305 e. The number of nitrogens with one attached hydrogen (secondary N) is 1. The first-order valence-electron chi connectivity index (χ1n) is 7.74. The number of nitrogens with zero attached hydrogens (tertiary/aromatic N) is 2. The van der Waals surface area contributed by atoms with Crippen LogP contribution in [0.2, 0.25) is 0 Å². The maximum atomic E-state index is 12.3. The predicted molar refractivity (Wildman–Crippen MR) is 84.9 cm³/mol. The average molecular weight is 313 g/mol. The van der Waals surface area contributed by atoms with Crippen molar-refractivity contribution in [3.63, 3.8) is 0 Å². The molecule has 6 heteroatoms. The van der Waals surface area contributed by atoms with Crippen LogP contribution < -0.4 is 5.32 Å². The van der Waals surface area contributed by atoms with Crippen LogP contribution in [0.25, 0.3) is 5.69 Å². The third-order valence-corrected chi connectivity index (χ3v) is 4.05. The molecule has 0 atom stereocenters. The number of aryl methyl sites for hydroxylation is 1. The molecule has 0 unspecified atom stereocenters. The van der Waals surface area contributed by atoms with Gasteiger partial charge in [-0.15, -0.1) is 0 Å². The van der Waals surface area contributed by atoms with Crippen LogP contribution >= 0.6 is 0 Å². The minimum Gasteiger partial charge on any atom is -0.481 e. The standard InChI is InChI=1S/C17H19N3O3/c1-11-5-7-12(8-6-11)20-14-4-2-3-13(14)16(19-20)17(23)18-10-9-15(21)22/h5-8H,2-4,9-10H2,1H3,(H,18,23)(H,21,22). The fourth-order valence-corrected chi connectivity index (χ4v) is 2.89. The molecule has 23 heavy (non-hydrogen) atoms. The second-order valence-electron chi connectivity index (χ2n) is 5.77. The molecule has 0 saturated carbocycles. The summed E-state index contributed by atoms with van der Waals surface area (Å²) in [6.45, 7) is 2.14. The van der Waals surface area contributed by atoms with E-state index < -0.39 is 5.97 Å². The van der Waals surface area contributed by atoms with Crippen molar-refractivity contribution in [1.82, 2.24) is 15.1 Å². The van der Waals surface area contributed by atoms with Gasteiger partial charge in [-0.3, -0.25) is 9.59 Å². The lowest BCUT2D eigenvalue weighted by atomic mass is 10.2. The van der Waals surface area contributed by atoms with Gasteiger partial charge in [0, 0.05) is 17.8 Å². The van der Waals surface area contributed by atoms with Crippen molar-refractivity contribution in [2.24, 2.45) is 0 Å². The molecule has 1 amide bonds. The minimum absolute atomic E-state index is 0.0907. The topological polar surface area (TPSA) is 84.2 Å². The van der Waals surface area contributed by atoms with Gasteiger partial charge in [0.1, 0.15) is 0 Å². The van der Waals surface area contributed by atoms with Crippen LogP contribution in [0.3, 0.4) is 0 Å². The van der Waals surface area contributed by atoms with E-state index in [0.717, 1.165) is 36.2 Å². The Bertz CT molecular complexity index is 747. The number of carboxylic acids is 1. The zero-order valence-corrected chi connectivity index (χ0v) is 13.0. The summed E-state index contributed by atoms with van der Waals surface area (Å²) in [7, 11) is 0. The summed E-state index contributed by atoms with van der Waals surface area (Å²) in [5.74, 6) is -1.23. The summed E-state index contributed by atoms with van der Waals surface area (Å²) in [5.41, 5.74) is 4.60. The van der Waals surface area contributed by atoms with E-state index in [9.17, 15) is 9.59 Å². The van der Waals surface area contributed by atoms with E-state index in [2.05, 4.69) is 10.4 Å². The maximum absolute atomic E-state index is 12.3. The van der Waals surface area contributed by atoms with Crippen LogP contribution in [0, 0.1) is 6.92 Å². The molecule has 1 aromatic heterocycles. The third kappa shape index (κ3) is 3.11. The second kappa shape index (κ2) is 6.24. The molecular formula is C17H19N3O3. The number of benzene rings is 1. The molecule has 0 aliphatic heterocycles. The maximum Gasteiger partial charge on any atom is 0.305 e. The minimum atomic E-state index is -0.930. The molecule has 3 rings (SSSR count). The van der Waals surface area contributed by atoms with Gasteiger partial charge < -0.3 is 10.4 Å². The first kappa shape index (κ1) is 15.3. The fraction of sp³-hybridized carbons (Fsp3) is 0.353. The van der Waals surface area contributed by atoms with Gasteiger partial charge in [0.05, 0.1) is 12.1 Å². The van der Waals surface area contributed by atoms with Gasteiger partial charge in [0.2, 0.25) is 0 Å². The molecule has 1 aliphatic carbocycles. The normalized spacial score (nSPS) is 12.9. The number of carboxylic acid groups (broad SMARTS) is 1. The van der Waals surface area contributed by atoms with E-state index >= 15 is 0 Å². The molecule has 0 radical (unpaired) electrons. The largest absolute Gasteiger partial charge is 0.481 e. The fourth-order valence-electron chi connectivity index (χ4n) is 2.89. The number of rotatable bonds is 5. The molecule has 0 fully saturated rings. The molecule has 120 valence electrons. The van der Waals surface area contributed by atoms with Crippen molar-refractivity contribution >= 4 is 11.9 Å². The highest BCUT2D eigenvalue weighted by atomic mass is 16.4. The number of hydrogen-bond donors (Lipinski definition) is 2. The summed E-state index contributed by atoms with van der Waals surface area (Å²) in [6.07, 6.45) is 2.66. The van der Waals surface area contributed by atoms with Crippen molar-refractivity contribution in [1.29, 1.82) is 0 Å². The van der Waals surface area contributed by atoms with E-state index in [-0.39, 0.29) is 18.9 Å². The Morgan fingerprint density at radius 1 is 1.26 bits per heavy atom. The zero-order valence-electron chi connectivity index (χ0n) is 13.0. The molecule has 2 N–H and O–H groups in total. The second-order valence-corrected chi connectivity index (χ2v) is 5.77. The number of aliphatic carboxylic acids is 1. The van der Waals surface area contributed by atoms with Crippen LogP contribution in [0.5, 0.6) is 0 Å². The van der Waals surface area contributed by atoms with Crippen LogP contribution in [0.15, 0.2) is 24.3 Å². The van der Waals surface area contributed by atoms with Crippen LogP contribution in [-0.2, 0) is 17.6 Å². The monoisotopic (exact) mass is 313 g/mol. The predicted octanol–water partition coefficient (Wildman–Crippen LogP) is 1.87. The van der Waals surface area contributed by atoms with Gasteiger partial charge >= 0.3 is 5.97 Å². The number of amides is 1. The van der Waals surface area contributed by atoms with Gasteiger partial charge in [0.25, 0.3) is 5.91 Å². The highest BCUT2D eigenvalue weighted by Crippen LogP contribution is 2.27. The first-order valence-corrected chi connectivity index (χ1v) is 7.74. The van der Waals surface area contributed by atoms with E-state index in [1.165, 1.54) is 5.56 Å².